The Kier molecular flexibility index (Phi) is 5.14. The van der Waals surface area contributed by atoms with E-state index >= 15 is 0 Å². The molecule has 1 saturated heterocycles. The number of ketones is 1. The van der Waals surface area contributed by atoms with Crippen LogP contribution in [0.2, 0.25) is 0 Å². The van der Waals surface area contributed by atoms with Crippen LogP contribution in [0.15, 0.2) is 24.3 Å². The molecule has 22 heavy (non-hydrogen) atoms. The van der Waals surface area contributed by atoms with E-state index in [0.717, 1.165) is 11.3 Å². The highest BCUT2D eigenvalue weighted by atomic mass is 16.5. The molecule has 2 rings (SSSR count). The maximum Gasteiger partial charge on any atom is 0.324 e. The SMILES string of the molecule is CCCC1NC(=O)N(CCOc2ccccc2C(C)=O)C1=O. The average molecular weight is 304 g/mol. The van der Waals surface area contributed by atoms with Gasteiger partial charge < -0.3 is 10.1 Å². The number of hydrogen-bond acceptors (Lipinski definition) is 4. The van der Waals surface area contributed by atoms with Crippen LogP contribution in [0.4, 0.5) is 4.79 Å². The van der Waals surface area contributed by atoms with Gasteiger partial charge in [0.1, 0.15) is 18.4 Å². The van der Waals surface area contributed by atoms with Crippen molar-refractivity contribution in [2.75, 3.05) is 13.2 Å². The molecule has 118 valence electrons. The third kappa shape index (κ3) is 3.44. The summed E-state index contributed by atoms with van der Waals surface area (Å²) in [5, 5.41) is 2.66. The van der Waals surface area contributed by atoms with Gasteiger partial charge in [-0.25, -0.2) is 4.79 Å². The van der Waals surface area contributed by atoms with E-state index in [2.05, 4.69) is 5.32 Å². The molecule has 1 aromatic carbocycles. The molecule has 1 aliphatic heterocycles. The standard InChI is InChI=1S/C16H20N2O4/c1-3-6-13-15(20)18(16(21)17-13)9-10-22-14-8-5-4-7-12(14)11(2)19/h4-5,7-8,13H,3,6,9-10H2,1-2H3,(H,17,21). The van der Waals surface area contributed by atoms with E-state index in [9.17, 15) is 14.4 Å². The van der Waals surface area contributed by atoms with Crippen LogP contribution >= 0.6 is 0 Å². The van der Waals surface area contributed by atoms with Gasteiger partial charge in [-0.2, -0.15) is 0 Å². The molecule has 0 saturated carbocycles. The van der Waals surface area contributed by atoms with E-state index in [4.69, 9.17) is 4.74 Å². The van der Waals surface area contributed by atoms with Crippen molar-refractivity contribution in [3.8, 4) is 5.75 Å². The first-order chi connectivity index (χ1) is 10.5. The fraction of sp³-hybridized carbons (Fsp3) is 0.438. The molecule has 0 radical (unpaired) electrons. The van der Waals surface area contributed by atoms with E-state index in [0.29, 0.717) is 17.7 Å². The molecule has 0 spiro atoms. The minimum atomic E-state index is -0.429. The molecular weight excluding hydrogens is 284 g/mol. The first-order valence-corrected chi connectivity index (χ1v) is 7.39. The number of Topliss-reactive ketones (excluding diaryl/α,β-unsaturated/α-hetero) is 1. The van der Waals surface area contributed by atoms with Crippen molar-refractivity contribution in [3.63, 3.8) is 0 Å². The molecule has 1 fully saturated rings. The lowest BCUT2D eigenvalue weighted by Gasteiger charge is -2.14. The summed E-state index contributed by atoms with van der Waals surface area (Å²) in [7, 11) is 0. The maximum absolute atomic E-state index is 12.1. The molecule has 0 aliphatic carbocycles. The number of hydrogen-bond donors (Lipinski definition) is 1. The van der Waals surface area contributed by atoms with Gasteiger partial charge in [0.05, 0.1) is 12.1 Å². The van der Waals surface area contributed by atoms with Crippen molar-refractivity contribution in [2.45, 2.75) is 32.7 Å². The second-order valence-electron chi connectivity index (χ2n) is 5.18. The molecule has 1 unspecified atom stereocenters. The fourth-order valence-electron chi connectivity index (χ4n) is 2.40. The van der Waals surface area contributed by atoms with Gasteiger partial charge in [-0.3, -0.25) is 14.5 Å². The van der Waals surface area contributed by atoms with Crippen molar-refractivity contribution in [1.82, 2.24) is 10.2 Å². The minimum Gasteiger partial charge on any atom is -0.491 e. The number of carbonyl (C=O) groups is 3. The van der Waals surface area contributed by atoms with Gasteiger partial charge in [-0.15, -0.1) is 0 Å². The number of imide groups is 1. The Balaban J connectivity index is 1.93. The molecule has 1 atom stereocenters. The van der Waals surface area contributed by atoms with Crippen molar-refractivity contribution >= 4 is 17.7 Å². The molecule has 1 aromatic rings. The van der Waals surface area contributed by atoms with Crippen molar-refractivity contribution in [2.24, 2.45) is 0 Å². The van der Waals surface area contributed by atoms with Crippen LogP contribution in [-0.4, -0.2) is 41.8 Å². The van der Waals surface area contributed by atoms with Crippen molar-refractivity contribution in [1.29, 1.82) is 0 Å². The second-order valence-corrected chi connectivity index (χ2v) is 5.18. The van der Waals surface area contributed by atoms with Crippen LogP contribution in [-0.2, 0) is 4.79 Å². The van der Waals surface area contributed by atoms with Gasteiger partial charge in [-0.05, 0) is 25.5 Å². The summed E-state index contributed by atoms with van der Waals surface area (Å²) >= 11 is 0. The highest BCUT2D eigenvalue weighted by molar-refractivity contribution is 6.04. The summed E-state index contributed by atoms with van der Waals surface area (Å²) in [5.41, 5.74) is 0.489. The Morgan fingerprint density at radius 2 is 2.05 bits per heavy atom. The number of urea groups is 1. The predicted molar refractivity (Wildman–Crippen MR) is 80.9 cm³/mol. The minimum absolute atomic E-state index is 0.0893. The first kappa shape index (κ1) is 16.0. The smallest absolute Gasteiger partial charge is 0.324 e. The number of benzene rings is 1. The maximum atomic E-state index is 12.1. The van der Waals surface area contributed by atoms with Crippen molar-refractivity contribution < 1.29 is 19.1 Å². The quantitative estimate of drug-likeness (QED) is 0.617. The monoisotopic (exact) mass is 304 g/mol. The van der Waals surface area contributed by atoms with Gasteiger partial charge >= 0.3 is 6.03 Å². The van der Waals surface area contributed by atoms with E-state index in [1.165, 1.54) is 6.92 Å². The molecule has 0 aromatic heterocycles. The van der Waals surface area contributed by atoms with E-state index in [1.807, 2.05) is 6.92 Å². The normalized spacial score (nSPS) is 17.5. The fourth-order valence-corrected chi connectivity index (χ4v) is 2.40. The van der Waals surface area contributed by atoms with E-state index < -0.39 is 6.04 Å². The lowest BCUT2D eigenvalue weighted by Crippen LogP contribution is -2.35. The van der Waals surface area contributed by atoms with Gasteiger partial charge in [0.25, 0.3) is 5.91 Å². The molecule has 0 bridgehead atoms. The van der Waals surface area contributed by atoms with Gasteiger partial charge in [0.15, 0.2) is 5.78 Å². The summed E-state index contributed by atoms with van der Waals surface area (Å²) in [4.78, 5) is 36.5. The summed E-state index contributed by atoms with van der Waals surface area (Å²) in [6.07, 6.45) is 1.46. The number of amides is 3. The van der Waals surface area contributed by atoms with E-state index in [-0.39, 0.29) is 30.9 Å². The summed E-state index contributed by atoms with van der Waals surface area (Å²) < 4.78 is 5.56. The number of nitrogens with zero attached hydrogens (tertiary/aromatic N) is 1. The van der Waals surface area contributed by atoms with Gasteiger partial charge in [0.2, 0.25) is 0 Å². The number of carbonyl (C=O) groups excluding carboxylic acids is 3. The second kappa shape index (κ2) is 7.06. The van der Waals surface area contributed by atoms with Crippen LogP contribution in [0.3, 0.4) is 0 Å². The molecule has 3 amide bonds. The Morgan fingerprint density at radius 1 is 1.32 bits per heavy atom. The van der Waals surface area contributed by atoms with Gasteiger partial charge in [-0.1, -0.05) is 25.5 Å². The third-order valence-corrected chi connectivity index (χ3v) is 3.52. The highest BCUT2D eigenvalue weighted by Crippen LogP contribution is 2.18. The molecular formula is C16H20N2O4. The third-order valence-electron chi connectivity index (χ3n) is 3.52. The highest BCUT2D eigenvalue weighted by Gasteiger charge is 2.36. The van der Waals surface area contributed by atoms with Crippen LogP contribution < -0.4 is 10.1 Å². The Morgan fingerprint density at radius 3 is 2.73 bits per heavy atom. The molecule has 1 N–H and O–H groups in total. The number of nitrogens with one attached hydrogen (secondary N) is 1. The Hall–Kier alpha value is -2.37. The topological polar surface area (TPSA) is 75.7 Å². The van der Waals surface area contributed by atoms with Gasteiger partial charge in [0, 0.05) is 0 Å². The van der Waals surface area contributed by atoms with Crippen LogP contribution in [0.1, 0.15) is 37.0 Å². The summed E-state index contributed by atoms with van der Waals surface area (Å²) in [6.45, 7) is 3.75. The number of rotatable bonds is 7. The number of ether oxygens (including phenoxy) is 1. The lowest BCUT2D eigenvalue weighted by molar-refractivity contribution is -0.127. The molecule has 6 heteroatoms. The number of para-hydroxylation sites is 1. The van der Waals surface area contributed by atoms with E-state index in [1.54, 1.807) is 24.3 Å². The van der Waals surface area contributed by atoms with Crippen LogP contribution in [0, 0.1) is 0 Å². The summed E-state index contributed by atoms with van der Waals surface area (Å²) in [6, 6.07) is 6.10. The van der Waals surface area contributed by atoms with Crippen LogP contribution in [0.5, 0.6) is 5.75 Å². The molecule has 1 aliphatic rings. The van der Waals surface area contributed by atoms with Crippen LogP contribution in [0.25, 0.3) is 0 Å². The average Bonchev–Trinajstić information content (AvgIpc) is 2.75. The first-order valence-electron chi connectivity index (χ1n) is 7.39. The largest absolute Gasteiger partial charge is 0.491 e. The summed E-state index contributed by atoms with van der Waals surface area (Å²) in [5.74, 6) is 0.163. The zero-order chi connectivity index (χ0) is 16.1. The molecule has 1 heterocycles. The molecule has 6 nitrogen and oxygen atoms in total. The Bertz CT molecular complexity index is 585. The predicted octanol–water partition coefficient (Wildman–Crippen LogP) is 1.99. The Labute approximate surface area is 129 Å². The zero-order valence-corrected chi connectivity index (χ0v) is 12.8. The zero-order valence-electron chi connectivity index (χ0n) is 12.8. The van der Waals surface area contributed by atoms with Crippen molar-refractivity contribution in [3.05, 3.63) is 29.8 Å². The lowest BCUT2D eigenvalue weighted by atomic mass is 10.1.